The summed E-state index contributed by atoms with van der Waals surface area (Å²) in [5, 5.41) is 10.6. The number of nitrogens with one attached hydrogen (secondary N) is 2. The highest BCUT2D eigenvalue weighted by Gasteiger charge is 2.38. The van der Waals surface area contributed by atoms with Gasteiger partial charge >= 0.3 is 0 Å². The molecular formula is C19H18FN5O2. The predicted octanol–water partition coefficient (Wildman–Crippen LogP) is 2.48. The number of anilines is 1. The highest BCUT2D eigenvalue weighted by Crippen LogP contribution is 2.41. The second-order valence-corrected chi connectivity index (χ2v) is 7.39. The van der Waals surface area contributed by atoms with Crippen LogP contribution in [0.4, 0.5) is 10.2 Å². The fraction of sp³-hybridized carbons (Fsp3) is 0.316. The topological polar surface area (TPSA) is 80.5 Å². The minimum Gasteiger partial charge on any atom is -0.485 e. The molecule has 2 atom stereocenters. The Morgan fingerprint density at radius 1 is 1.37 bits per heavy atom. The van der Waals surface area contributed by atoms with Crippen LogP contribution in [-0.2, 0) is 6.42 Å². The van der Waals surface area contributed by atoms with Gasteiger partial charge in [-0.3, -0.25) is 4.79 Å². The van der Waals surface area contributed by atoms with Gasteiger partial charge in [-0.05, 0) is 38.1 Å². The van der Waals surface area contributed by atoms with Crippen LogP contribution in [0, 0.1) is 5.82 Å². The molecule has 3 aromatic rings. The van der Waals surface area contributed by atoms with Crippen LogP contribution in [0.5, 0.6) is 5.75 Å². The molecule has 0 radical (unpaired) electrons. The van der Waals surface area contributed by atoms with Crippen LogP contribution in [0.1, 0.15) is 41.5 Å². The van der Waals surface area contributed by atoms with E-state index in [1.807, 2.05) is 13.8 Å². The summed E-state index contributed by atoms with van der Waals surface area (Å²) in [4.78, 5) is 16.9. The number of hydrogen-bond acceptors (Lipinski definition) is 5. The Labute approximate surface area is 154 Å². The maximum Gasteiger partial charge on any atom is 0.271 e. The molecule has 0 aliphatic carbocycles. The zero-order chi connectivity index (χ0) is 18.8. The van der Waals surface area contributed by atoms with Crippen molar-refractivity contribution in [1.29, 1.82) is 0 Å². The molecule has 4 bridgehead atoms. The SMILES string of the molecule is C[C@H]1Nc2ccc3ncc(n3n2)C(=O)NCC2(C)Cc3cc(F)cc1c3O2. The molecule has 138 valence electrons. The summed E-state index contributed by atoms with van der Waals surface area (Å²) >= 11 is 0. The van der Waals surface area contributed by atoms with E-state index in [0.29, 0.717) is 29.3 Å². The molecule has 7 nitrogen and oxygen atoms in total. The van der Waals surface area contributed by atoms with Crippen LogP contribution in [0.15, 0.2) is 30.5 Å². The molecule has 8 heteroatoms. The van der Waals surface area contributed by atoms with Crippen molar-refractivity contribution < 1.29 is 13.9 Å². The first-order valence-electron chi connectivity index (χ1n) is 8.83. The number of imidazole rings is 1. The second kappa shape index (κ2) is 5.42. The second-order valence-electron chi connectivity index (χ2n) is 7.39. The van der Waals surface area contributed by atoms with Gasteiger partial charge in [-0.2, -0.15) is 0 Å². The third-order valence-electron chi connectivity index (χ3n) is 5.12. The molecule has 1 aromatic carbocycles. The number of benzene rings is 1. The number of hydrogen-bond donors (Lipinski definition) is 2. The van der Waals surface area contributed by atoms with Crippen molar-refractivity contribution in [1.82, 2.24) is 19.9 Å². The summed E-state index contributed by atoms with van der Waals surface area (Å²) in [5.41, 5.74) is 1.81. The van der Waals surface area contributed by atoms with Crippen LogP contribution in [0.25, 0.3) is 5.65 Å². The van der Waals surface area contributed by atoms with E-state index in [2.05, 4.69) is 20.7 Å². The number of amides is 1. The van der Waals surface area contributed by atoms with Gasteiger partial charge in [0.2, 0.25) is 0 Å². The summed E-state index contributed by atoms with van der Waals surface area (Å²) in [7, 11) is 0. The number of nitrogens with zero attached hydrogens (tertiary/aromatic N) is 3. The number of halogens is 1. The average molecular weight is 367 g/mol. The van der Waals surface area contributed by atoms with Gasteiger partial charge in [-0.25, -0.2) is 13.9 Å². The van der Waals surface area contributed by atoms with Crippen molar-refractivity contribution in [2.24, 2.45) is 0 Å². The Hall–Kier alpha value is -3.16. The van der Waals surface area contributed by atoms with Crippen molar-refractivity contribution >= 4 is 17.4 Å². The average Bonchev–Trinajstić information content (AvgIpc) is 3.18. The van der Waals surface area contributed by atoms with Crippen LogP contribution in [0.2, 0.25) is 0 Å². The molecule has 0 fully saturated rings. The molecule has 1 unspecified atom stereocenters. The lowest BCUT2D eigenvalue weighted by Gasteiger charge is -2.25. The summed E-state index contributed by atoms with van der Waals surface area (Å²) in [5.74, 6) is 0.642. The Balaban J connectivity index is 1.68. The first-order chi connectivity index (χ1) is 12.9. The molecule has 2 aromatic heterocycles. The standard InChI is InChI=1S/C19H18FN5O2/c1-10-13-6-12(20)5-11-7-19(2,27-17(11)13)9-22-18(26)14-8-21-16-4-3-15(23-10)24-25(14)16/h3-6,8,10H,7,9H2,1-2H3,(H,22,26)(H,23,24)/t10-,19?/m1/s1. The van der Waals surface area contributed by atoms with E-state index in [1.165, 1.54) is 22.8 Å². The van der Waals surface area contributed by atoms with Gasteiger partial charge in [0, 0.05) is 17.5 Å². The molecule has 2 aliphatic rings. The molecule has 1 amide bonds. The van der Waals surface area contributed by atoms with Gasteiger partial charge in [-0.1, -0.05) is 0 Å². The lowest BCUT2D eigenvalue weighted by Crippen LogP contribution is -2.44. The Kier molecular flexibility index (Phi) is 3.22. The van der Waals surface area contributed by atoms with Crippen LogP contribution in [-0.4, -0.2) is 32.7 Å². The largest absolute Gasteiger partial charge is 0.485 e. The van der Waals surface area contributed by atoms with E-state index in [9.17, 15) is 9.18 Å². The number of ether oxygens (including phenoxy) is 1. The van der Waals surface area contributed by atoms with Crippen molar-refractivity contribution in [2.45, 2.75) is 31.9 Å². The summed E-state index contributed by atoms with van der Waals surface area (Å²) in [6, 6.07) is 6.32. The monoisotopic (exact) mass is 367 g/mol. The fourth-order valence-corrected chi connectivity index (χ4v) is 3.80. The van der Waals surface area contributed by atoms with Gasteiger partial charge in [0.1, 0.15) is 23.0 Å². The maximum absolute atomic E-state index is 14.2. The number of fused-ring (bicyclic) bond motifs is 2. The predicted molar refractivity (Wildman–Crippen MR) is 96.5 cm³/mol. The molecule has 5 rings (SSSR count). The third-order valence-corrected chi connectivity index (χ3v) is 5.12. The van der Waals surface area contributed by atoms with Crippen LogP contribution >= 0.6 is 0 Å². The fourth-order valence-electron chi connectivity index (χ4n) is 3.80. The zero-order valence-electron chi connectivity index (χ0n) is 14.9. The number of rotatable bonds is 0. The zero-order valence-corrected chi connectivity index (χ0v) is 14.9. The molecular weight excluding hydrogens is 349 g/mol. The Bertz CT molecular complexity index is 1100. The molecule has 27 heavy (non-hydrogen) atoms. The number of aromatic nitrogens is 3. The van der Waals surface area contributed by atoms with E-state index in [-0.39, 0.29) is 24.3 Å². The number of carbonyl (C=O) groups excluding carboxylic acids is 1. The van der Waals surface area contributed by atoms with Crippen molar-refractivity contribution in [3.63, 3.8) is 0 Å². The Morgan fingerprint density at radius 3 is 3.07 bits per heavy atom. The van der Waals surface area contributed by atoms with E-state index in [1.54, 1.807) is 12.1 Å². The minimum absolute atomic E-state index is 0.238. The van der Waals surface area contributed by atoms with Gasteiger partial charge < -0.3 is 15.4 Å². The van der Waals surface area contributed by atoms with Crippen molar-refractivity contribution in [2.75, 3.05) is 11.9 Å². The summed E-state index contributed by atoms with van der Waals surface area (Å²) in [6.07, 6.45) is 2.02. The molecule has 0 saturated heterocycles. The van der Waals surface area contributed by atoms with Gasteiger partial charge in [0.15, 0.2) is 11.3 Å². The lowest BCUT2D eigenvalue weighted by atomic mass is 9.97. The summed E-state index contributed by atoms with van der Waals surface area (Å²) < 4.78 is 21.9. The highest BCUT2D eigenvalue weighted by atomic mass is 19.1. The lowest BCUT2D eigenvalue weighted by molar-refractivity contribution is 0.0832. The van der Waals surface area contributed by atoms with Crippen molar-refractivity contribution in [3.8, 4) is 5.75 Å². The molecule has 0 spiro atoms. The normalized spacial score (nSPS) is 23.8. The third kappa shape index (κ3) is 2.51. The van der Waals surface area contributed by atoms with Crippen LogP contribution in [0.3, 0.4) is 0 Å². The van der Waals surface area contributed by atoms with E-state index in [0.717, 1.165) is 11.1 Å². The number of carbonyl (C=O) groups is 1. The molecule has 0 saturated carbocycles. The van der Waals surface area contributed by atoms with Gasteiger partial charge in [-0.15, -0.1) is 5.10 Å². The Morgan fingerprint density at radius 2 is 2.22 bits per heavy atom. The quantitative estimate of drug-likeness (QED) is 0.638. The summed E-state index contributed by atoms with van der Waals surface area (Å²) in [6.45, 7) is 4.13. The first kappa shape index (κ1) is 16.0. The highest BCUT2D eigenvalue weighted by molar-refractivity contribution is 5.93. The molecule has 2 aliphatic heterocycles. The molecule has 4 heterocycles. The van der Waals surface area contributed by atoms with E-state index < -0.39 is 5.60 Å². The van der Waals surface area contributed by atoms with E-state index >= 15 is 0 Å². The smallest absolute Gasteiger partial charge is 0.271 e. The minimum atomic E-state index is -0.649. The van der Waals surface area contributed by atoms with E-state index in [4.69, 9.17) is 4.74 Å². The first-order valence-corrected chi connectivity index (χ1v) is 8.83. The molecule has 2 N–H and O–H groups in total. The van der Waals surface area contributed by atoms with Gasteiger partial charge in [0.25, 0.3) is 5.91 Å². The van der Waals surface area contributed by atoms with Crippen LogP contribution < -0.4 is 15.4 Å². The van der Waals surface area contributed by atoms with Gasteiger partial charge in [0.05, 0.1) is 18.8 Å². The van der Waals surface area contributed by atoms with Crippen molar-refractivity contribution in [3.05, 3.63) is 53.1 Å². The maximum atomic E-state index is 14.2.